The van der Waals surface area contributed by atoms with E-state index in [2.05, 4.69) is 17.3 Å². The van der Waals surface area contributed by atoms with Crippen LogP contribution < -0.4 is 11.1 Å². The number of hydrogen-bond donors (Lipinski definition) is 2. The van der Waals surface area contributed by atoms with Crippen LogP contribution in [0.2, 0.25) is 0 Å². The van der Waals surface area contributed by atoms with Gasteiger partial charge >= 0.3 is 0 Å². The quantitative estimate of drug-likeness (QED) is 0.897. The molecule has 126 valence electrons. The Balaban J connectivity index is 1.58. The van der Waals surface area contributed by atoms with Crippen LogP contribution in [0.15, 0.2) is 30.3 Å². The summed E-state index contributed by atoms with van der Waals surface area (Å²) in [5, 5.41) is 3.27. The van der Waals surface area contributed by atoms with E-state index in [0.29, 0.717) is 18.1 Å². The van der Waals surface area contributed by atoms with Gasteiger partial charge in [-0.25, -0.2) is 0 Å². The van der Waals surface area contributed by atoms with Crippen molar-refractivity contribution in [3.8, 4) is 0 Å². The molecule has 23 heavy (non-hydrogen) atoms. The van der Waals surface area contributed by atoms with Crippen molar-refractivity contribution in [3.05, 3.63) is 35.9 Å². The zero-order valence-electron chi connectivity index (χ0n) is 14.2. The van der Waals surface area contributed by atoms with Gasteiger partial charge in [0.1, 0.15) is 0 Å². The maximum Gasteiger partial charge on any atom is 0.224 e. The minimum Gasteiger partial charge on any atom is -0.353 e. The molecule has 2 fully saturated rings. The van der Waals surface area contributed by atoms with Crippen LogP contribution in [-0.2, 0) is 4.79 Å². The van der Waals surface area contributed by atoms with Crippen LogP contribution in [0.25, 0.3) is 0 Å². The van der Waals surface area contributed by atoms with Crippen LogP contribution in [-0.4, -0.2) is 36.0 Å². The lowest BCUT2D eigenvalue weighted by molar-refractivity contribution is -0.126. The van der Waals surface area contributed by atoms with Crippen molar-refractivity contribution in [2.75, 3.05) is 7.05 Å². The number of carbonyl (C=O) groups is 1. The van der Waals surface area contributed by atoms with Crippen LogP contribution in [0, 0.1) is 5.92 Å². The second-order valence-electron chi connectivity index (χ2n) is 7.31. The van der Waals surface area contributed by atoms with Crippen molar-refractivity contribution >= 4 is 5.91 Å². The topological polar surface area (TPSA) is 58.4 Å². The van der Waals surface area contributed by atoms with Gasteiger partial charge in [-0.2, -0.15) is 0 Å². The average molecular weight is 315 g/mol. The standard InChI is InChI=1S/C19H29N3O/c1-13(18(20)14-7-4-3-5-8-14)19(23)21-15-11-16-9-6-10-17(12-15)22(16)2/h3-5,7-8,13,15-18H,6,9-12,20H2,1-2H3,(H,21,23). The number of nitrogens with one attached hydrogen (secondary N) is 1. The molecule has 2 heterocycles. The van der Waals surface area contributed by atoms with E-state index >= 15 is 0 Å². The molecule has 0 saturated carbocycles. The van der Waals surface area contributed by atoms with Crippen molar-refractivity contribution in [2.45, 2.75) is 63.2 Å². The Kier molecular flexibility index (Phi) is 5.02. The van der Waals surface area contributed by atoms with Crippen molar-refractivity contribution in [2.24, 2.45) is 11.7 Å². The summed E-state index contributed by atoms with van der Waals surface area (Å²) in [7, 11) is 2.24. The Morgan fingerprint density at radius 2 is 1.83 bits per heavy atom. The fourth-order valence-electron chi connectivity index (χ4n) is 4.19. The first-order valence-electron chi connectivity index (χ1n) is 8.89. The lowest BCUT2D eigenvalue weighted by Gasteiger charge is -2.47. The highest BCUT2D eigenvalue weighted by atomic mass is 16.2. The summed E-state index contributed by atoms with van der Waals surface area (Å²) in [6.07, 6.45) is 6.00. The van der Waals surface area contributed by atoms with E-state index in [1.807, 2.05) is 37.3 Å². The Labute approximate surface area is 139 Å². The molecule has 0 aliphatic carbocycles. The van der Waals surface area contributed by atoms with E-state index in [1.165, 1.54) is 19.3 Å². The number of piperidine rings is 2. The van der Waals surface area contributed by atoms with E-state index in [4.69, 9.17) is 5.73 Å². The van der Waals surface area contributed by atoms with Gasteiger partial charge in [0.05, 0.1) is 5.92 Å². The molecule has 2 aliphatic heterocycles. The van der Waals surface area contributed by atoms with Gasteiger partial charge in [0.15, 0.2) is 0 Å². The zero-order chi connectivity index (χ0) is 16.4. The minimum atomic E-state index is -0.248. The molecule has 4 nitrogen and oxygen atoms in total. The average Bonchev–Trinajstić information content (AvgIpc) is 2.55. The number of rotatable bonds is 4. The smallest absolute Gasteiger partial charge is 0.224 e. The number of nitrogens with two attached hydrogens (primary N) is 1. The van der Waals surface area contributed by atoms with E-state index in [-0.39, 0.29) is 17.9 Å². The molecule has 1 aromatic rings. The van der Waals surface area contributed by atoms with E-state index in [0.717, 1.165) is 18.4 Å². The predicted octanol–water partition coefficient (Wildman–Crippen LogP) is 2.45. The van der Waals surface area contributed by atoms with Crippen LogP contribution in [0.3, 0.4) is 0 Å². The van der Waals surface area contributed by atoms with Gasteiger partial charge in [0.25, 0.3) is 0 Å². The summed E-state index contributed by atoms with van der Waals surface area (Å²) in [4.78, 5) is 15.1. The second kappa shape index (κ2) is 7.02. The molecule has 1 aromatic carbocycles. The van der Waals surface area contributed by atoms with Crippen LogP contribution in [0.1, 0.15) is 50.6 Å². The molecule has 4 unspecified atom stereocenters. The second-order valence-corrected chi connectivity index (χ2v) is 7.31. The molecule has 0 spiro atoms. The molecule has 1 amide bonds. The number of carbonyl (C=O) groups excluding carboxylic acids is 1. The summed E-state index contributed by atoms with van der Waals surface area (Å²) in [5.41, 5.74) is 7.31. The Morgan fingerprint density at radius 1 is 1.22 bits per heavy atom. The normalized spacial score (nSPS) is 30.5. The van der Waals surface area contributed by atoms with Gasteiger partial charge in [-0.15, -0.1) is 0 Å². The molecular formula is C19H29N3O. The third kappa shape index (κ3) is 3.59. The first-order valence-corrected chi connectivity index (χ1v) is 8.89. The van der Waals surface area contributed by atoms with Crippen molar-refractivity contribution in [1.82, 2.24) is 10.2 Å². The van der Waals surface area contributed by atoms with Crippen LogP contribution in [0.4, 0.5) is 0 Å². The van der Waals surface area contributed by atoms with Gasteiger partial charge in [0.2, 0.25) is 5.91 Å². The minimum absolute atomic E-state index is 0.0916. The van der Waals surface area contributed by atoms with Gasteiger partial charge in [0, 0.05) is 24.2 Å². The molecule has 0 aromatic heterocycles. The highest BCUT2D eigenvalue weighted by molar-refractivity contribution is 5.79. The van der Waals surface area contributed by atoms with E-state index < -0.39 is 0 Å². The maximum absolute atomic E-state index is 12.6. The Morgan fingerprint density at radius 3 is 2.43 bits per heavy atom. The Hall–Kier alpha value is -1.39. The molecule has 4 heteroatoms. The summed E-state index contributed by atoms with van der Waals surface area (Å²) in [6.45, 7) is 1.93. The number of nitrogens with zero attached hydrogens (tertiary/aromatic N) is 1. The largest absolute Gasteiger partial charge is 0.353 e. The number of fused-ring (bicyclic) bond motifs is 2. The first-order chi connectivity index (χ1) is 11.1. The molecule has 4 atom stereocenters. The van der Waals surface area contributed by atoms with Gasteiger partial charge in [-0.3, -0.25) is 4.79 Å². The predicted molar refractivity (Wildman–Crippen MR) is 92.9 cm³/mol. The molecule has 0 radical (unpaired) electrons. The van der Waals surface area contributed by atoms with Gasteiger partial charge < -0.3 is 16.0 Å². The monoisotopic (exact) mass is 315 g/mol. The highest BCUT2D eigenvalue weighted by Gasteiger charge is 2.37. The zero-order valence-corrected chi connectivity index (χ0v) is 14.2. The number of hydrogen-bond acceptors (Lipinski definition) is 3. The van der Waals surface area contributed by atoms with Crippen molar-refractivity contribution in [3.63, 3.8) is 0 Å². The molecule has 2 aliphatic rings. The van der Waals surface area contributed by atoms with E-state index in [1.54, 1.807) is 0 Å². The number of amides is 1. The van der Waals surface area contributed by atoms with Crippen molar-refractivity contribution in [1.29, 1.82) is 0 Å². The number of benzene rings is 1. The molecule has 2 saturated heterocycles. The molecule has 3 rings (SSSR count). The first kappa shape index (κ1) is 16.5. The lowest BCUT2D eigenvalue weighted by atomic mass is 9.82. The SMILES string of the molecule is CC(C(=O)NC1CC2CCCC(C1)N2C)C(N)c1ccccc1. The molecule has 2 bridgehead atoms. The summed E-state index contributed by atoms with van der Waals surface area (Å²) in [5.74, 6) is -0.120. The Bertz CT molecular complexity index is 519. The summed E-state index contributed by atoms with van der Waals surface area (Å²) >= 11 is 0. The van der Waals surface area contributed by atoms with Crippen molar-refractivity contribution < 1.29 is 4.79 Å². The third-order valence-electron chi connectivity index (χ3n) is 5.82. The summed E-state index contributed by atoms with van der Waals surface area (Å²) in [6, 6.07) is 11.2. The lowest BCUT2D eigenvalue weighted by Crippen LogP contribution is -2.56. The van der Waals surface area contributed by atoms with Gasteiger partial charge in [-0.05, 0) is 38.3 Å². The van der Waals surface area contributed by atoms with Crippen LogP contribution in [0.5, 0.6) is 0 Å². The van der Waals surface area contributed by atoms with E-state index in [9.17, 15) is 4.79 Å². The third-order valence-corrected chi connectivity index (χ3v) is 5.82. The fraction of sp³-hybridized carbons (Fsp3) is 0.632. The maximum atomic E-state index is 12.6. The molecular weight excluding hydrogens is 286 g/mol. The molecule has 3 N–H and O–H groups in total. The van der Waals surface area contributed by atoms with Gasteiger partial charge in [-0.1, -0.05) is 43.7 Å². The fourth-order valence-corrected chi connectivity index (χ4v) is 4.19. The summed E-state index contributed by atoms with van der Waals surface area (Å²) < 4.78 is 0. The van der Waals surface area contributed by atoms with Crippen LogP contribution >= 0.6 is 0 Å². The highest BCUT2D eigenvalue weighted by Crippen LogP contribution is 2.33.